The molecule has 0 amide bonds. The van der Waals surface area contributed by atoms with Gasteiger partial charge in [0.15, 0.2) is 0 Å². The molecule has 2 aliphatic heterocycles. The van der Waals surface area contributed by atoms with Gasteiger partial charge in [0.05, 0.1) is 17.5 Å². The summed E-state index contributed by atoms with van der Waals surface area (Å²) in [5, 5.41) is 2.15. The molecule has 0 saturated carbocycles. The van der Waals surface area contributed by atoms with E-state index < -0.39 is 0 Å². The minimum Gasteiger partial charge on any atom is -0.379 e. The summed E-state index contributed by atoms with van der Waals surface area (Å²) < 4.78 is 9.31. The lowest BCUT2D eigenvalue weighted by Gasteiger charge is -2.32. The fourth-order valence-corrected chi connectivity index (χ4v) is 4.30. The molecule has 0 bridgehead atoms. The first-order chi connectivity index (χ1) is 9.33. The molecule has 108 valence electrons. The number of nitrogens with zero attached hydrogens (tertiary/aromatic N) is 2. The van der Waals surface area contributed by atoms with Crippen LogP contribution in [0.3, 0.4) is 0 Å². The summed E-state index contributed by atoms with van der Waals surface area (Å²) in [6.07, 6.45) is 5.59. The highest BCUT2D eigenvalue weighted by atomic mass is 32.2. The number of thioether (sulfide) groups is 1. The molecule has 0 spiro atoms. The van der Waals surface area contributed by atoms with E-state index in [1.165, 1.54) is 23.7 Å². The molecule has 0 aromatic rings. The maximum absolute atomic E-state index is 5.43. The van der Waals surface area contributed by atoms with Gasteiger partial charge in [-0.05, 0) is 37.6 Å². The molecule has 2 fully saturated rings. The quantitative estimate of drug-likeness (QED) is 0.723. The maximum Gasteiger partial charge on any atom is 0.0594 e. The normalized spacial score (nSPS) is 27.5. The molecule has 2 aliphatic rings. The summed E-state index contributed by atoms with van der Waals surface area (Å²) in [5.41, 5.74) is 0. The number of morpholine rings is 1. The van der Waals surface area contributed by atoms with E-state index in [0.29, 0.717) is 0 Å². The lowest BCUT2D eigenvalue weighted by atomic mass is 10.2. The first-order valence-electron chi connectivity index (χ1n) is 7.02. The first-order valence-corrected chi connectivity index (χ1v) is 8.67. The van der Waals surface area contributed by atoms with Crippen LogP contribution in [0.5, 0.6) is 0 Å². The molecule has 0 N–H and O–H groups in total. The molecule has 0 aliphatic carbocycles. The Morgan fingerprint density at radius 3 is 2.68 bits per heavy atom. The second kappa shape index (κ2) is 8.37. The molecule has 5 heteroatoms. The molecule has 0 aromatic heterocycles. The van der Waals surface area contributed by atoms with Crippen LogP contribution in [0.2, 0.25) is 0 Å². The van der Waals surface area contributed by atoms with Crippen LogP contribution in [-0.2, 0) is 4.74 Å². The molecule has 1 unspecified atom stereocenters. The number of rotatable bonds is 5. The van der Waals surface area contributed by atoms with Crippen LogP contribution < -0.4 is 0 Å². The third kappa shape index (κ3) is 4.83. The molecule has 2 heterocycles. The Balaban J connectivity index is 1.77. The van der Waals surface area contributed by atoms with Gasteiger partial charge in [0.2, 0.25) is 0 Å². The van der Waals surface area contributed by atoms with Crippen molar-refractivity contribution < 1.29 is 4.74 Å². The maximum atomic E-state index is 5.43. The Kier molecular flexibility index (Phi) is 6.81. The third-order valence-electron chi connectivity index (χ3n) is 3.46. The number of hydrogen-bond donors (Lipinski definition) is 0. The summed E-state index contributed by atoms with van der Waals surface area (Å²) in [6, 6.07) is 0.723. The van der Waals surface area contributed by atoms with E-state index in [-0.39, 0.29) is 0 Å². The Morgan fingerprint density at radius 1 is 1.21 bits per heavy atom. The monoisotopic (exact) mass is 300 g/mol. The van der Waals surface area contributed by atoms with Gasteiger partial charge in [0, 0.05) is 32.2 Å². The summed E-state index contributed by atoms with van der Waals surface area (Å²) in [6.45, 7) is 10.6. The summed E-state index contributed by atoms with van der Waals surface area (Å²) in [5.74, 6) is 0. The van der Waals surface area contributed by atoms with Crippen LogP contribution >= 0.6 is 23.7 Å². The van der Waals surface area contributed by atoms with Crippen LogP contribution in [0, 0.1) is 0 Å². The van der Waals surface area contributed by atoms with Gasteiger partial charge < -0.3 is 4.74 Å². The fourth-order valence-electron chi connectivity index (χ4n) is 2.44. The summed E-state index contributed by atoms with van der Waals surface area (Å²) >= 11 is 3.72. The lowest BCUT2D eigenvalue weighted by Crippen LogP contribution is -2.44. The SMILES string of the molecule is C/C=C/S/C(=C\C)SN1CCC(N2CCOCC2)C1. The summed E-state index contributed by atoms with van der Waals surface area (Å²) in [7, 11) is 0. The molecule has 2 rings (SSSR count). The Hall–Kier alpha value is 0.0600. The van der Waals surface area contributed by atoms with E-state index >= 15 is 0 Å². The zero-order chi connectivity index (χ0) is 13.5. The van der Waals surface area contributed by atoms with Gasteiger partial charge >= 0.3 is 0 Å². The highest BCUT2D eigenvalue weighted by Gasteiger charge is 2.29. The van der Waals surface area contributed by atoms with Crippen molar-refractivity contribution in [1.29, 1.82) is 0 Å². The molecular weight excluding hydrogens is 276 g/mol. The number of allylic oxidation sites excluding steroid dienone is 2. The third-order valence-corrected chi connectivity index (χ3v) is 5.86. The van der Waals surface area contributed by atoms with E-state index in [0.717, 1.165) is 32.3 Å². The first kappa shape index (κ1) is 15.4. The second-order valence-corrected chi connectivity index (χ2v) is 7.11. The Labute approximate surface area is 125 Å². The average Bonchev–Trinajstić information content (AvgIpc) is 2.93. The van der Waals surface area contributed by atoms with Crippen LogP contribution in [0.4, 0.5) is 0 Å². The topological polar surface area (TPSA) is 15.7 Å². The van der Waals surface area contributed by atoms with Gasteiger partial charge in [-0.15, -0.1) is 0 Å². The highest BCUT2D eigenvalue weighted by Crippen LogP contribution is 2.35. The van der Waals surface area contributed by atoms with Gasteiger partial charge in [-0.3, -0.25) is 4.90 Å². The van der Waals surface area contributed by atoms with Crippen molar-refractivity contribution >= 4 is 23.7 Å². The van der Waals surface area contributed by atoms with E-state index in [9.17, 15) is 0 Å². The Morgan fingerprint density at radius 2 is 2.00 bits per heavy atom. The highest BCUT2D eigenvalue weighted by molar-refractivity contribution is 8.22. The van der Waals surface area contributed by atoms with Gasteiger partial charge in [-0.2, -0.15) is 0 Å². The second-order valence-electron chi connectivity index (χ2n) is 4.77. The van der Waals surface area contributed by atoms with Gasteiger partial charge in [0.1, 0.15) is 0 Å². The summed E-state index contributed by atoms with van der Waals surface area (Å²) in [4.78, 5) is 2.60. The van der Waals surface area contributed by atoms with Crippen molar-refractivity contribution in [1.82, 2.24) is 9.21 Å². The molecule has 0 aromatic carbocycles. The minimum atomic E-state index is 0.723. The van der Waals surface area contributed by atoms with Crippen LogP contribution in [0.25, 0.3) is 0 Å². The lowest BCUT2D eigenvalue weighted by molar-refractivity contribution is 0.0198. The minimum absolute atomic E-state index is 0.723. The van der Waals surface area contributed by atoms with Crippen molar-refractivity contribution in [2.75, 3.05) is 39.4 Å². The number of ether oxygens (including phenoxy) is 1. The molecule has 19 heavy (non-hydrogen) atoms. The standard InChI is InChI=1S/C14H24N2OS2/c1-3-11-18-14(4-2)19-16-6-5-13(12-16)15-7-9-17-10-8-15/h3-4,11,13H,5-10,12H2,1-2H3/b11-3+,14-4+. The van der Waals surface area contributed by atoms with E-state index in [2.05, 4.69) is 40.6 Å². The molecule has 1 atom stereocenters. The largest absolute Gasteiger partial charge is 0.379 e. The van der Waals surface area contributed by atoms with E-state index in [4.69, 9.17) is 4.74 Å². The predicted octanol–water partition coefficient (Wildman–Crippen LogP) is 3.17. The van der Waals surface area contributed by atoms with Crippen LogP contribution in [0.15, 0.2) is 21.8 Å². The van der Waals surface area contributed by atoms with Gasteiger partial charge in [0.25, 0.3) is 0 Å². The van der Waals surface area contributed by atoms with E-state index in [1.54, 1.807) is 0 Å². The molecular formula is C14H24N2OS2. The van der Waals surface area contributed by atoms with Crippen molar-refractivity contribution in [3.63, 3.8) is 0 Å². The molecule has 3 nitrogen and oxygen atoms in total. The average molecular weight is 300 g/mol. The predicted molar refractivity (Wildman–Crippen MR) is 86.1 cm³/mol. The number of hydrogen-bond acceptors (Lipinski definition) is 5. The van der Waals surface area contributed by atoms with Crippen LogP contribution in [0.1, 0.15) is 20.3 Å². The van der Waals surface area contributed by atoms with Crippen molar-refractivity contribution in [3.8, 4) is 0 Å². The van der Waals surface area contributed by atoms with Crippen molar-refractivity contribution in [2.24, 2.45) is 0 Å². The molecule has 2 saturated heterocycles. The van der Waals surface area contributed by atoms with Gasteiger partial charge in [-0.25, -0.2) is 4.31 Å². The van der Waals surface area contributed by atoms with Crippen molar-refractivity contribution in [2.45, 2.75) is 26.3 Å². The fraction of sp³-hybridized carbons (Fsp3) is 0.714. The molecule has 0 radical (unpaired) electrons. The Bertz CT molecular complexity index is 327. The smallest absolute Gasteiger partial charge is 0.0594 e. The zero-order valence-corrected chi connectivity index (χ0v) is 13.5. The zero-order valence-electron chi connectivity index (χ0n) is 11.9. The van der Waals surface area contributed by atoms with E-state index in [1.807, 2.05) is 23.7 Å². The van der Waals surface area contributed by atoms with Crippen molar-refractivity contribution in [3.05, 3.63) is 21.8 Å². The van der Waals surface area contributed by atoms with Crippen LogP contribution in [-0.4, -0.2) is 54.6 Å². The van der Waals surface area contributed by atoms with Gasteiger partial charge in [-0.1, -0.05) is 23.9 Å².